The van der Waals surface area contributed by atoms with E-state index in [0.717, 1.165) is 46.1 Å². The van der Waals surface area contributed by atoms with E-state index in [1.165, 1.54) is 0 Å². The van der Waals surface area contributed by atoms with Crippen LogP contribution in [0.5, 0.6) is 0 Å². The van der Waals surface area contributed by atoms with E-state index in [0.29, 0.717) is 18.5 Å². The SMILES string of the molecule is CC1CCN(C(=O)c2c3c(nc4ccccc24)/C(=C\c2ccccc2)CC3)CCS1(=O)=O. The number of amides is 1. The van der Waals surface area contributed by atoms with Crippen molar-refractivity contribution in [1.82, 2.24) is 9.88 Å². The van der Waals surface area contributed by atoms with Gasteiger partial charge in [-0.15, -0.1) is 0 Å². The van der Waals surface area contributed by atoms with Gasteiger partial charge in [0, 0.05) is 18.5 Å². The molecule has 0 bridgehead atoms. The normalized spacial score (nSPS) is 21.5. The highest BCUT2D eigenvalue weighted by Gasteiger charge is 2.32. The number of pyridine rings is 1. The van der Waals surface area contributed by atoms with Crippen LogP contribution < -0.4 is 0 Å². The van der Waals surface area contributed by atoms with Gasteiger partial charge < -0.3 is 4.90 Å². The van der Waals surface area contributed by atoms with Crippen LogP contribution in [0.2, 0.25) is 0 Å². The summed E-state index contributed by atoms with van der Waals surface area (Å²) in [5, 5.41) is 0.429. The van der Waals surface area contributed by atoms with Gasteiger partial charge in [-0.3, -0.25) is 4.79 Å². The number of hydrogen-bond acceptors (Lipinski definition) is 4. The van der Waals surface area contributed by atoms with Crippen molar-refractivity contribution in [1.29, 1.82) is 0 Å². The van der Waals surface area contributed by atoms with Gasteiger partial charge in [0.2, 0.25) is 0 Å². The number of allylic oxidation sites excluding steroid dienone is 1. The summed E-state index contributed by atoms with van der Waals surface area (Å²) in [7, 11) is -3.16. The molecule has 1 unspecified atom stereocenters. The Morgan fingerprint density at radius 2 is 1.78 bits per heavy atom. The van der Waals surface area contributed by atoms with Crippen LogP contribution in [0.1, 0.15) is 46.9 Å². The highest BCUT2D eigenvalue weighted by Crippen LogP contribution is 2.38. The molecular weight excluding hydrogens is 420 g/mol. The Balaban J connectivity index is 1.61. The summed E-state index contributed by atoms with van der Waals surface area (Å²) in [5.74, 6) is -0.0605. The number of benzene rings is 2. The van der Waals surface area contributed by atoms with Crippen molar-refractivity contribution in [2.45, 2.75) is 31.4 Å². The molecule has 1 aliphatic heterocycles. The quantitative estimate of drug-likeness (QED) is 0.586. The van der Waals surface area contributed by atoms with Gasteiger partial charge in [-0.1, -0.05) is 48.5 Å². The zero-order chi connectivity index (χ0) is 22.3. The summed E-state index contributed by atoms with van der Waals surface area (Å²) in [6, 6.07) is 17.9. The minimum atomic E-state index is -3.16. The molecule has 2 aliphatic rings. The molecule has 5 nitrogen and oxygen atoms in total. The van der Waals surface area contributed by atoms with Gasteiger partial charge in [0.1, 0.15) is 0 Å². The number of hydrogen-bond donors (Lipinski definition) is 0. The first-order chi connectivity index (χ1) is 15.4. The van der Waals surface area contributed by atoms with E-state index < -0.39 is 15.1 Å². The number of sulfone groups is 1. The maximum Gasteiger partial charge on any atom is 0.254 e. The Kier molecular flexibility index (Phi) is 5.33. The molecule has 0 N–H and O–H groups in total. The molecule has 1 aliphatic carbocycles. The molecule has 32 heavy (non-hydrogen) atoms. The molecule has 3 aromatic rings. The number of nitrogens with zero attached hydrogens (tertiary/aromatic N) is 2. The maximum atomic E-state index is 13.8. The average molecular weight is 447 g/mol. The Morgan fingerprint density at radius 1 is 1.03 bits per heavy atom. The molecule has 0 saturated carbocycles. The van der Waals surface area contributed by atoms with Crippen LogP contribution in [0, 0.1) is 0 Å². The average Bonchev–Trinajstić information content (AvgIpc) is 3.13. The Labute approximate surface area is 188 Å². The lowest BCUT2D eigenvalue weighted by Gasteiger charge is -2.22. The maximum absolute atomic E-state index is 13.8. The molecule has 5 rings (SSSR count). The minimum absolute atomic E-state index is 0.0181. The predicted octanol–water partition coefficient (Wildman–Crippen LogP) is 4.37. The van der Waals surface area contributed by atoms with Crippen molar-refractivity contribution in [3.63, 3.8) is 0 Å². The standard InChI is InChI=1S/C26H26N2O3S/c1-18-13-14-28(15-16-32(18,30)31)26(29)24-21-9-5-6-10-23(21)27-25-20(11-12-22(24)25)17-19-7-3-2-4-8-19/h2-10,17-18H,11-16H2,1H3/b20-17-. The molecular formula is C26H26N2O3S. The van der Waals surface area contributed by atoms with E-state index in [9.17, 15) is 13.2 Å². The molecule has 0 spiro atoms. The van der Waals surface area contributed by atoms with Gasteiger partial charge in [0.05, 0.1) is 27.8 Å². The van der Waals surface area contributed by atoms with E-state index in [1.807, 2.05) is 42.5 Å². The van der Waals surface area contributed by atoms with E-state index in [2.05, 4.69) is 18.2 Å². The number of fused-ring (bicyclic) bond motifs is 2. The number of para-hydroxylation sites is 1. The lowest BCUT2D eigenvalue weighted by Crippen LogP contribution is -2.34. The molecule has 0 radical (unpaired) electrons. The lowest BCUT2D eigenvalue weighted by atomic mass is 9.99. The lowest BCUT2D eigenvalue weighted by molar-refractivity contribution is 0.0768. The first-order valence-corrected chi connectivity index (χ1v) is 12.8. The van der Waals surface area contributed by atoms with Crippen molar-refractivity contribution in [3.8, 4) is 0 Å². The van der Waals surface area contributed by atoms with Gasteiger partial charge in [-0.2, -0.15) is 0 Å². The fourth-order valence-corrected chi connectivity index (χ4v) is 6.04. The molecule has 1 atom stereocenters. The third-order valence-corrected chi connectivity index (χ3v) is 8.86. The molecule has 2 aromatic carbocycles. The summed E-state index contributed by atoms with van der Waals surface area (Å²) < 4.78 is 24.7. The van der Waals surface area contributed by atoms with Crippen molar-refractivity contribution < 1.29 is 13.2 Å². The van der Waals surface area contributed by atoms with Crippen molar-refractivity contribution >= 4 is 38.3 Å². The fourth-order valence-electron chi connectivity index (χ4n) is 4.70. The number of carbonyl (C=O) groups is 1. The Hall–Kier alpha value is -2.99. The molecule has 1 saturated heterocycles. The van der Waals surface area contributed by atoms with Crippen LogP contribution in [0.3, 0.4) is 0 Å². The van der Waals surface area contributed by atoms with Crippen LogP contribution in [-0.2, 0) is 16.3 Å². The molecule has 1 fully saturated rings. The Bertz CT molecular complexity index is 1330. The van der Waals surface area contributed by atoms with Crippen molar-refractivity contribution in [2.24, 2.45) is 0 Å². The largest absolute Gasteiger partial charge is 0.338 e. The van der Waals surface area contributed by atoms with Crippen LogP contribution >= 0.6 is 0 Å². The van der Waals surface area contributed by atoms with E-state index in [4.69, 9.17) is 4.98 Å². The third-order valence-electron chi connectivity index (χ3n) is 6.65. The topological polar surface area (TPSA) is 67.3 Å². The second-order valence-electron chi connectivity index (χ2n) is 8.67. The van der Waals surface area contributed by atoms with Crippen molar-refractivity contribution in [3.05, 3.63) is 77.0 Å². The number of aromatic nitrogens is 1. The van der Waals surface area contributed by atoms with Crippen LogP contribution in [-0.4, -0.2) is 48.3 Å². The highest BCUT2D eigenvalue weighted by atomic mass is 32.2. The van der Waals surface area contributed by atoms with Crippen LogP contribution in [0.25, 0.3) is 22.6 Å². The third kappa shape index (κ3) is 3.73. The summed E-state index contributed by atoms with van der Waals surface area (Å²) in [6.07, 6.45) is 4.22. The summed E-state index contributed by atoms with van der Waals surface area (Å²) in [5.41, 5.74) is 5.62. The summed E-state index contributed by atoms with van der Waals surface area (Å²) in [4.78, 5) is 20.5. The second kappa shape index (κ2) is 8.17. The first-order valence-electron chi connectivity index (χ1n) is 11.1. The smallest absolute Gasteiger partial charge is 0.254 e. The van der Waals surface area contributed by atoms with Gasteiger partial charge in [-0.25, -0.2) is 13.4 Å². The monoisotopic (exact) mass is 446 g/mol. The van der Waals surface area contributed by atoms with Crippen LogP contribution in [0.15, 0.2) is 54.6 Å². The van der Waals surface area contributed by atoms with Gasteiger partial charge in [-0.05, 0) is 55.0 Å². The minimum Gasteiger partial charge on any atom is -0.338 e. The van der Waals surface area contributed by atoms with Gasteiger partial charge >= 0.3 is 0 Å². The molecule has 6 heteroatoms. The predicted molar refractivity (Wildman–Crippen MR) is 128 cm³/mol. The number of rotatable bonds is 2. The first kappa shape index (κ1) is 20.9. The van der Waals surface area contributed by atoms with Gasteiger partial charge in [0.15, 0.2) is 9.84 Å². The zero-order valence-corrected chi connectivity index (χ0v) is 18.9. The van der Waals surface area contributed by atoms with Crippen molar-refractivity contribution in [2.75, 3.05) is 18.8 Å². The summed E-state index contributed by atoms with van der Waals surface area (Å²) >= 11 is 0. The zero-order valence-electron chi connectivity index (χ0n) is 18.1. The molecule has 2 heterocycles. The van der Waals surface area contributed by atoms with E-state index in [1.54, 1.807) is 11.8 Å². The Morgan fingerprint density at radius 3 is 2.59 bits per heavy atom. The molecule has 1 aromatic heterocycles. The molecule has 1 amide bonds. The van der Waals surface area contributed by atoms with Gasteiger partial charge in [0.25, 0.3) is 5.91 Å². The highest BCUT2D eigenvalue weighted by molar-refractivity contribution is 7.92. The summed E-state index contributed by atoms with van der Waals surface area (Å²) in [6.45, 7) is 2.44. The second-order valence-corrected chi connectivity index (χ2v) is 11.2. The van der Waals surface area contributed by atoms with Crippen LogP contribution in [0.4, 0.5) is 0 Å². The van der Waals surface area contributed by atoms with E-state index in [-0.39, 0.29) is 18.2 Å². The van der Waals surface area contributed by atoms with E-state index >= 15 is 0 Å². The number of carbonyl (C=O) groups excluding carboxylic acids is 1. The fraction of sp³-hybridized carbons (Fsp3) is 0.308. The molecule has 164 valence electrons.